The van der Waals surface area contributed by atoms with E-state index in [1.165, 1.54) is 12.3 Å². The van der Waals surface area contributed by atoms with Gasteiger partial charge in [-0.25, -0.2) is 4.98 Å². The van der Waals surface area contributed by atoms with Gasteiger partial charge in [-0.1, -0.05) is 11.6 Å². The molecule has 0 spiro atoms. The van der Waals surface area contributed by atoms with E-state index in [1.54, 1.807) is 0 Å². The van der Waals surface area contributed by atoms with Gasteiger partial charge in [-0.2, -0.15) is 0 Å². The lowest BCUT2D eigenvalue weighted by molar-refractivity contribution is -0.386. The second-order valence-electron chi connectivity index (χ2n) is 3.46. The third kappa shape index (κ3) is 2.64. The Kier molecular flexibility index (Phi) is 3.60. The zero-order chi connectivity index (χ0) is 11.6. The van der Waals surface area contributed by atoms with E-state index in [1.807, 2.05) is 25.9 Å². The fourth-order valence-electron chi connectivity index (χ4n) is 1.20. The van der Waals surface area contributed by atoms with Crippen LogP contribution in [0.5, 0.6) is 0 Å². The quantitative estimate of drug-likeness (QED) is 0.453. The van der Waals surface area contributed by atoms with Crippen molar-refractivity contribution in [1.82, 2.24) is 9.88 Å². The molecule has 6 heteroatoms. The van der Waals surface area contributed by atoms with Crippen LogP contribution in [-0.2, 0) is 0 Å². The van der Waals surface area contributed by atoms with Gasteiger partial charge in [-0.15, -0.1) is 0 Å². The van der Waals surface area contributed by atoms with Crippen LogP contribution in [0.3, 0.4) is 0 Å². The van der Waals surface area contributed by atoms with Crippen molar-refractivity contribution in [3.63, 3.8) is 0 Å². The van der Waals surface area contributed by atoms with Crippen LogP contribution in [0.25, 0.3) is 0 Å². The van der Waals surface area contributed by atoms with E-state index in [4.69, 9.17) is 11.6 Å². The van der Waals surface area contributed by atoms with Crippen LogP contribution in [0, 0.1) is 10.1 Å². The molecule has 0 radical (unpaired) electrons. The van der Waals surface area contributed by atoms with E-state index < -0.39 is 4.92 Å². The van der Waals surface area contributed by atoms with Crippen molar-refractivity contribution in [2.24, 2.45) is 0 Å². The minimum atomic E-state index is -0.446. The zero-order valence-corrected chi connectivity index (χ0v) is 9.52. The topological polar surface area (TPSA) is 59.3 Å². The Morgan fingerprint density at radius 2 is 2.20 bits per heavy atom. The van der Waals surface area contributed by atoms with Gasteiger partial charge < -0.3 is 4.90 Å². The summed E-state index contributed by atoms with van der Waals surface area (Å²) in [6.07, 6.45) is 1.19. The average Bonchev–Trinajstić information content (AvgIpc) is 2.15. The predicted molar refractivity (Wildman–Crippen MR) is 58.0 cm³/mol. The van der Waals surface area contributed by atoms with Crippen LogP contribution in [0.2, 0.25) is 5.15 Å². The van der Waals surface area contributed by atoms with Crippen molar-refractivity contribution >= 4 is 17.3 Å². The van der Waals surface area contributed by atoms with Crippen LogP contribution < -0.4 is 0 Å². The Balaban J connectivity index is 3.24. The molecule has 1 atom stereocenters. The number of hydrogen-bond donors (Lipinski definition) is 0. The lowest BCUT2D eigenvalue weighted by Crippen LogP contribution is -2.18. The first-order valence-corrected chi connectivity index (χ1v) is 4.77. The number of rotatable bonds is 3. The molecule has 15 heavy (non-hydrogen) atoms. The largest absolute Gasteiger partial charge is 0.302 e. The molecular weight excluding hydrogens is 218 g/mol. The number of halogens is 1. The third-order valence-electron chi connectivity index (χ3n) is 2.30. The van der Waals surface area contributed by atoms with Crippen LogP contribution in [0.15, 0.2) is 12.3 Å². The van der Waals surface area contributed by atoms with E-state index in [0.717, 1.165) is 0 Å². The van der Waals surface area contributed by atoms with Gasteiger partial charge in [-0.05, 0) is 27.1 Å². The highest BCUT2D eigenvalue weighted by Gasteiger charge is 2.21. The third-order valence-corrected chi connectivity index (χ3v) is 2.51. The van der Waals surface area contributed by atoms with Gasteiger partial charge in [0.25, 0.3) is 5.69 Å². The van der Waals surface area contributed by atoms with Crippen molar-refractivity contribution in [1.29, 1.82) is 0 Å². The van der Waals surface area contributed by atoms with Crippen molar-refractivity contribution in [2.45, 2.75) is 13.0 Å². The van der Waals surface area contributed by atoms with E-state index in [-0.39, 0.29) is 16.9 Å². The molecule has 1 unspecified atom stereocenters. The molecule has 0 saturated carbocycles. The maximum Gasteiger partial charge on any atom is 0.292 e. The Bertz CT molecular complexity index is 382. The van der Waals surface area contributed by atoms with E-state index in [9.17, 15) is 10.1 Å². The van der Waals surface area contributed by atoms with Crippen LogP contribution in [0.4, 0.5) is 5.69 Å². The smallest absolute Gasteiger partial charge is 0.292 e. The number of nitro groups is 1. The Hall–Kier alpha value is -1.20. The molecule has 0 N–H and O–H groups in total. The standard InChI is InChI=1S/C9H12ClN3O2/c1-6(12(2)3)7-4-9(10)11-5-8(7)13(14)15/h4-6H,1-3H3. The molecule has 1 rings (SSSR count). The summed E-state index contributed by atoms with van der Waals surface area (Å²) in [5.74, 6) is 0. The summed E-state index contributed by atoms with van der Waals surface area (Å²) in [5.41, 5.74) is 0.575. The van der Waals surface area contributed by atoms with Gasteiger partial charge in [0.2, 0.25) is 0 Å². The Morgan fingerprint density at radius 3 is 2.67 bits per heavy atom. The highest BCUT2D eigenvalue weighted by Crippen LogP contribution is 2.28. The van der Waals surface area contributed by atoms with Crippen molar-refractivity contribution in [2.75, 3.05) is 14.1 Å². The molecule has 0 bridgehead atoms. The number of hydrogen-bond acceptors (Lipinski definition) is 4. The fraction of sp³-hybridized carbons (Fsp3) is 0.444. The molecule has 0 aromatic carbocycles. The van der Waals surface area contributed by atoms with Crippen molar-refractivity contribution in [3.05, 3.63) is 33.1 Å². The van der Waals surface area contributed by atoms with Gasteiger partial charge in [0, 0.05) is 6.04 Å². The highest BCUT2D eigenvalue weighted by molar-refractivity contribution is 6.29. The number of nitrogens with zero attached hydrogens (tertiary/aromatic N) is 3. The van der Waals surface area contributed by atoms with Gasteiger partial charge in [0.1, 0.15) is 11.3 Å². The molecule has 0 saturated heterocycles. The summed E-state index contributed by atoms with van der Waals surface area (Å²) >= 11 is 5.72. The van der Waals surface area contributed by atoms with Crippen LogP contribution in [-0.4, -0.2) is 28.9 Å². The monoisotopic (exact) mass is 229 g/mol. The van der Waals surface area contributed by atoms with Crippen molar-refractivity contribution in [3.8, 4) is 0 Å². The molecule has 0 fully saturated rings. The van der Waals surface area contributed by atoms with Gasteiger partial charge in [0.05, 0.1) is 10.5 Å². The minimum absolute atomic E-state index is 0.000556. The Morgan fingerprint density at radius 1 is 1.60 bits per heavy atom. The van der Waals surface area contributed by atoms with E-state index in [2.05, 4.69) is 4.98 Å². The van der Waals surface area contributed by atoms with Crippen molar-refractivity contribution < 1.29 is 4.92 Å². The molecule has 0 amide bonds. The van der Waals surface area contributed by atoms with E-state index in [0.29, 0.717) is 5.56 Å². The maximum atomic E-state index is 10.8. The van der Waals surface area contributed by atoms with Gasteiger partial charge in [0.15, 0.2) is 0 Å². The summed E-state index contributed by atoms with van der Waals surface area (Å²) in [6, 6.07) is 1.45. The summed E-state index contributed by atoms with van der Waals surface area (Å²) < 4.78 is 0. The number of pyridine rings is 1. The molecule has 0 aliphatic rings. The van der Waals surface area contributed by atoms with Crippen LogP contribution >= 0.6 is 11.6 Å². The Labute approximate surface area is 92.8 Å². The molecule has 82 valence electrons. The minimum Gasteiger partial charge on any atom is -0.302 e. The molecule has 0 aliphatic carbocycles. The maximum absolute atomic E-state index is 10.8. The molecule has 1 aromatic rings. The normalized spacial score (nSPS) is 12.9. The zero-order valence-electron chi connectivity index (χ0n) is 8.77. The SMILES string of the molecule is CC(c1cc(Cl)ncc1[N+](=O)[O-])N(C)C. The summed E-state index contributed by atoms with van der Waals surface area (Å²) in [5, 5.41) is 11.0. The fourth-order valence-corrected chi connectivity index (χ4v) is 1.37. The first-order chi connectivity index (χ1) is 6.93. The first-order valence-electron chi connectivity index (χ1n) is 4.39. The van der Waals surface area contributed by atoms with Gasteiger partial charge in [-0.3, -0.25) is 10.1 Å². The summed E-state index contributed by atoms with van der Waals surface area (Å²) in [6.45, 7) is 1.87. The average molecular weight is 230 g/mol. The molecule has 1 heterocycles. The second-order valence-corrected chi connectivity index (χ2v) is 3.85. The lowest BCUT2D eigenvalue weighted by atomic mass is 10.1. The predicted octanol–water partition coefficient (Wildman–Crippen LogP) is 2.27. The highest BCUT2D eigenvalue weighted by atomic mass is 35.5. The first kappa shape index (κ1) is 11.9. The van der Waals surface area contributed by atoms with Gasteiger partial charge >= 0.3 is 0 Å². The number of aromatic nitrogens is 1. The van der Waals surface area contributed by atoms with Crippen LogP contribution in [0.1, 0.15) is 18.5 Å². The summed E-state index contributed by atoms with van der Waals surface area (Å²) in [7, 11) is 3.70. The molecular formula is C9H12ClN3O2. The molecule has 1 aromatic heterocycles. The lowest BCUT2D eigenvalue weighted by Gasteiger charge is -2.19. The van der Waals surface area contributed by atoms with E-state index >= 15 is 0 Å². The summed E-state index contributed by atoms with van der Waals surface area (Å²) in [4.78, 5) is 15.9. The molecule has 0 aliphatic heterocycles. The second kappa shape index (κ2) is 4.55. The molecule has 5 nitrogen and oxygen atoms in total.